The third-order valence-electron chi connectivity index (χ3n) is 2.30. The Balaban J connectivity index is 3.51. The van der Waals surface area contributed by atoms with Gasteiger partial charge >= 0.3 is 0 Å². The number of alkyl halides is 1. The summed E-state index contributed by atoms with van der Waals surface area (Å²) >= 11 is 5.53. The molecule has 0 amide bonds. The highest BCUT2D eigenvalue weighted by atomic mass is 35.5. The Hall–Kier alpha value is 0.210. The SMILES string of the molecule is COC(C)(C)CCC(O)CCCCl. The summed E-state index contributed by atoms with van der Waals surface area (Å²) in [6, 6.07) is 0. The second-order valence-electron chi connectivity index (χ2n) is 3.99. The first-order valence-electron chi connectivity index (χ1n) is 4.81. The van der Waals surface area contributed by atoms with Gasteiger partial charge in [-0.2, -0.15) is 0 Å². The largest absolute Gasteiger partial charge is 0.393 e. The molecule has 0 aromatic heterocycles. The van der Waals surface area contributed by atoms with Gasteiger partial charge in [0, 0.05) is 13.0 Å². The molecule has 0 aromatic carbocycles. The van der Waals surface area contributed by atoms with Gasteiger partial charge in [-0.1, -0.05) is 0 Å². The molecule has 0 bridgehead atoms. The van der Waals surface area contributed by atoms with Gasteiger partial charge in [0.15, 0.2) is 0 Å². The van der Waals surface area contributed by atoms with Crippen molar-refractivity contribution in [3.8, 4) is 0 Å². The van der Waals surface area contributed by atoms with Crippen LogP contribution >= 0.6 is 11.6 Å². The van der Waals surface area contributed by atoms with Crippen LogP contribution in [-0.2, 0) is 4.74 Å². The fourth-order valence-corrected chi connectivity index (χ4v) is 1.23. The van der Waals surface area contributed by atoms with Crippen molar-refractivity contribution in [2.24, 2.45) is 0 Å². The molecule has 0 aliphatic carbocycles. The van der Waals surface area contributed by atoms with Crippen LogP contribution in [0.15, 0.2) is 0 Å². The van der Waals surface area contributed by atoms with E-state index in [0.29, 0.717) is 5.88 Å². The molecule has 80 valence electrons. The molecule has 0 aromatic rings. The molecule has 1 atom stereocenters. The Bertz CT molecular complexity index is 126. The second kappa shape index (κ2) is 6.63. The Morgan fingerprint density at radius 2 is 2.00 bits per heavy atom. The number of hydrogen-bond acceptors (Lipinski definition) is 2. The zero-order chi connectivity index (χ0) is 10.3. The molecule has 0 rings (SSSR count). The van der Waals surface area contributed by atoms with Crippen molar-refractivity contribution in [2.75, 3.05) is 13.0 Å². The molecule has 13 heavy (non-hydrogen) atoms. The molecule has 2 nitrogen and oxygen atoms in total. The van der Waals surface area contributed by atoms with Gasteiger partial charge in [-0.25, -0.2) is 0 Å². The Morgan fingerprint density at radius 1 is 1.38 bits per heavy atom. The summed E-state index contributed by atoms with van der Waals surface area (Å²) in [4.78, 5) is 0. The molecule has 0 radical (unpaired) electrons. The molecule has 0 heterocycles. The van der Waals surface area contributed by atoms with Crippen LogP contribution in [0.5, 0.6) is 0 Å². The number of hydrogen-bond donors (Lipinski definition) is 1. The van der Waals surface area contributed by atoms with Gasteiger partial charge in [-0.3, -0.25) is 0 Å². The van der Waals surface area contributed by atoms with Gasteiger partial charge in [0.05, 0.1) is 11.7 Å². The lowest BCUT2D eigenvalue weighted by atomic mass is 9.98. The van der Waals surface area contributed by atoms with E-state index < -0.39 is 0 Å². The van der Waals surface area contributed by atoms with Gasteiger partial charge in [-0.05, 0) is 39.5 Å². The fourth-order valence-electron chi connectivity index (χ4n) is 1.07. The van der Waals surface area contributed by atoms with E-state index in [-0.39, 0.29) is 11.7 Å². The van der Waals surface area contributed by atoms with Crippen LogP contribution in [-0.4, -0.2) is 29.8 Å². The van der Waals surface area contributed by atoms with Gasteiger partial charge < -0.3 is 9.84 Å². The maximum absolute atomic E-state index is 9.52. The van der Waals surface area contributed by atoms with Crippen LogP contribution in [0.3, 0.4) is 0 Å². The van der Waals surface area contributed by atoms with E-state index >= 15 is 0 Å². The summed E-state index contributed by atoms with van der Waals surface area (Å²) in [6.07, 6.45) is 3.12. The standard InChI is InChI=1S/C10H21ClO2/c1-10(2,13-3)7-6-9(12)5-4-8-11/h9,12H,4-8H2,1-3H3. The first-order chi connectivity index (χ1) is 6.02. The van der Waals surface area contributed by atoms with Crippen LogP contribution in [0, 0.1) is 0 Å². The van der Waals surface area contributed by atoms with Crippen LogP contribution in [0.4, 0.5) is 0 Å². The summed E-state index contributed by atoms with van der Waals surface area (Å²) < 4.78 is 5.26. The van der Waals surface area contributed by atoms with Crippen molar-refractivity contribution < 1.29 is 9.84 Å². The van der Waals surface area contributed by atoms with Crippen molar-refractivity contribution in [2.45, 2.75) is 51.2 Å². The van der Waals surface area contributed by atoms with Crippen molar-refractivity contribution in [1.29, 1.82) is 0 Å². The lowest BCUT2D eigenvalue weighted by molar-refractivity contribution is 0.00223. The Labute approximate surface area is 86.2 Å². The van der Waals surface area contributed by atoms with Crippen molar-refractivity contribution in [3.63, 3.8) is 0 Å². The molecular weight excluding hydrogens is 188 g/mol. The smallest absolute Gasteiger partial charge is 0.0623 e. The van der Waals surface area contributed by atoms with E-state index in [4.69, 9.17) is 16.3 Å². The molecule has 0 aliphatic heterocycles. The molecule has 1 unspecified atom stereocenters. The second-order valence-corrected chi connectivity index (χ2v) is 4.37. The van der Waals surface area contributed by atoms with Crippen molar-refractivity contribution in [3.05, 3.63) is 0 Å². The minimum absolute atomic E-state index is 0.123. The third-order valence-corrected chi connectivity index (χ3v) is 2.57. The zero-order valence-corrected chi connectivity index (χ0v) is 9.60. The average Bonchev–Trinajstić information content (AvgIpc) is 2.11. The normalized spacial score (nSPS) is 14.5. The molecule has 0 saturated carbocycles. The lowest BCUT2D eigenvalue weighted by Gasteiger charge is -2.24. The van der Waals surface area contributed by atoms with Crippen molar-refractivity contribution in [1.82, 2.24) is 0 Å². The minimum atomic E-state index is -0.229. The molecule has 0 aliphatic rings. The van der Waals surface area contributed by atoms with E-state index in [0.717, 1.165) is 25.7 Å². The summed E-state index contributed by atoms with van der Waals surface area (Å²) in [5.74, 6) is 0.630. The van der Waals surface area contributed by atoms with Crippen molar-refractivity contribution >= 4 is 11.6 Å². The maximum Gasteiger partial charge on any atom is 0.0623 e. The molecule has 0 fully saturated rings. The number of rotatable bonds is 7. The quantitative estimate of drug-likeness (QED) is 0.652. The molecule has 3 heteroatoms. The maximum atomic E-state index is 9.52. The highest BCUT2D eigenvalue weighted by Gasteiger charge is 2.17. The number of halogens is 1. The monoisotopic (exact) mass is 208 g/mol. The number of methoxy groups -OCH3 is 1. The van der Waals surface area contributed by atoms with E-state index in [9.17, 15) is 5.11 Å². The van der Waals surface area contributed by atoms with Crippen LogP contribution < -0.4 is 0 Å². The summed E-state index contributed by atoms with van der Waals surface area (Å²) in [7, 11) is 1.70. The van der Waals surface area contributed by atoms with Gasteiger partial charge in [0.25, 0.3) is 0 Å². The predicted octanol–water partition coefficient (Wildman–Crippen LogP) is 2.57. The average molecular weight is 209 g/mol. The van der Waals surface area contributed by atoms with Crippen LogP contribution in [0.2, 0.25) is 0 Å². The Morgan fingerprint density at radius 3 is 2.46 bits per heavy atom. The molecule has 0 spiro atoms. The highest BCUT2D eigenvalue weighted by molar-refractivity contribution is 6.17. The van der Waals surface area contributed by atoms with E-state index in [1.165, 1.54) is 0 Å². The summed E-state index contributed by atoms with van der Waals surface area (Å²) in [5, 5.41) is 9.52. The minimum Gasteiger partial charge on any atom is -0.393 e. The first-order valence-corrected chi connectivity index (χ1v) is 5.34. The highest BCUT2D eigenvalue weighted by Crippen LogP contribution is 2.18. The number of ether oxygens (including phenoxy) is 1. The van der Waals surface area contributed by atoms with E-state index in [1.54, 1.807) is 7.11 Å². The van der Waals surface area contributed by atoms with Crippen LogP contribution in [0.1, 0.15) is 39.5 Å². The third kappa shape index (κ3) is 7.29. The summed E-state index contributed by atoms with van der Waals surface area (Å²) in [5.41, 5.74) is -0.123. The Kier molecular flexibility index (Phi) is 6.74. The summed E-state index contributed by atoms with van der Waals surface area (Å²) in [6.45, 7) is 4.06. The number of aliphatic hydroxyl groups is 1. The predicted molar refractivity (Wildman–Crippen MR) is 56.3 cm³/mol. The molecule has 1 N–H and O–H groups in total. The van der Waals surface area contributed by atoms with Gasteiger partial charge in [0.2, 0.25) is 0 Å². The molecule has 0 saturated heterocycles. The lowest BCUT2D eigenvalue weighted by Crippen LogP contribution is -2.24. The number of aliphatic hydroxyl groups excluding tert-OH is 1. The fraction of sp³-hybridized carbons (Fsp3) is 1.00. The first kappa shape index (κ1) is 13.2. The zero-order valence-electron chi connectivity index (χ0n) is 8.85. The van der Waals surface area contributed by atoms with E-state index in [2.05, 4.69) is 0 Å². The van der Waals surface area contributed by atoms with Crippen LogP contribution in [0.25, 0.3) is 0 Å². The van der Waals surface area contributed by atoms with Gasteiger partial charge in [0.1, 0.15) is 0 Å². The molecular formula is C10H21ClO2. The topological polar surface area (TPSA) is 29.5 Å². The van der Waals surface area contributed by atoms with Gasteiger partial charge in [-0.15, -0.1) is 11.6 Å². The van der Waals surface area contributed by atoms with E-state index in [1.807, 2.05) is 13.8 Å².